The van der Waals surface area contributed by atoms with Crippen LogP contribution in [0.2, 0.25) is 0 Å². The van der Waals surface area contributed by atoms with Crippen molar-refractivity contribution in [3.8, 4) is 0 Å². The molecule has 2 heterocycles. The SMILES string of the molecule is OCC1CCCN1c1nc(NCC(c2ccccc2)c2ccccc2)c2ccccc2n1. The van der Waals surface area contributed by atoms with Crippen LogP contribution in [0.1, 0.15) is 29.9 Å². The van der Waals surface area contributed by atoms with Gasteiger partial charge in [0.05, 0.1) is 18.2 Å². The average molecular weight is 425 g/mol. The Morgan fingerprint density at radius 3 is 2.22 bits per heavy atom. The second kappa shape index (κ2) is 9.37. The Labute approximate surface area is 188 Å². The van der Waals surface area contributed by atoms with Gasteiger partial charge in [0.25, 0.3) is 0 Å². The number of nitrogens with zero attached hydrogens (tertiary/aromatic N) is 3. The van der Waals surface area contributed by atoms with Gasteiger partial charge >= 0.3 is 0 Å². The Balaban J connectivity index is 1.50. The third-order valence-corrected chi connectivity index (χ3v) is 6.31. The van der Waals surface area contributed by atoms with Gasteiger partial charge in [0.1, 0.15) is 5.82 Å². The number of aromatic nitrogens is 2. The lowest BCUT2D eigenvalue weighted by atomic mass is 9.91. The van der Waals surface area contributed by atoms with E-state index in [0.29, 0.717) is 5.95 Å². The van der Waals surface area contributed by atoms with E-state index in [2.05, 4.69) is 76.9 Å². The van der Waals surface area contributed by atoms with Crippen molar-refractivity contribution in [3.05, 3.63) is 96.1 Å². The Bertz CT molecular complexity index is 1130. The molecule has 0 saturated carbocycles. The summed E-state index contributed by atoms with van der Waals surface area (Å²) < 4.78 is 0. The second-order valence-corrected chi connectivity index (χ2v) is 8.32. The first-order chi connectivity index (χ1) is 15.8. The van der Waals surface area contributed by atoms with Crippen molar-refractivity contribution < 1.29 is 5.11 Å². The number of para-hydroxylation sites is 1. The third-order valence-electron chi connectivity index (χ3n) is 6.31. The maximum Gasteiger partial charge on any atom is 0.228 e. The average Bonchev–Trinajstić information content (AvgIpc) is 3.34. The molecule has 1 unspecified atom stereocenters. The summed E-state index contributed by atoms with van der Waals surface area (Å²) >= 11 is 0. The fourth-order valence-electron chi connectivity index (χ4n) is 4.61. The number of benzene rings is 3. The highest BCUT2D eigenvalue weighted by molar-refractivity contribution is 5.90. The van der Waals surface area contributed by atoms with Crippen LogP contribution in [-0.4, -0.2) is 40.8 Å². The van der Waals surface area contributed by atoms with Gasteiger partial charge in [0.15, 0.2) is 0 Å². The standard InChI is InChI=1S/C27H28N4O/c32-19-22-14-9-17-31(22)27-29-25-16-8-7-15-23(25)26(30-27)28-18-24(20-10-3-1-4-11-20)21-12-5-2-6-13-21/h1-8,10-13,15-16,22,24,32H,9,14,17-19H2,(H,28,29,30). The molecular weight excluding hydrogens is 396 g/mol. The van der Waals surface area contributed by atoms with Crippen LogP contribution in [0.4, 0.5) is 11.8 Å². The van der Waals surface area contributed by atoms with Crippen molar-refractivity contribution in [1.29, 1.82) is 0 Å². The van der Waals surface area contributed by atoms with Crippen LogP contribution in [0.3, 0.4) is 0 Å². The topological polar surface area (TPSA) is 61.3 Å². The first-order valence-corrected chi connectivity index (χ1v) is 11.3. The monoisotopic (exact) mass is 424 g/mol. The predicted octanol–water partition coefficient (Wildman–Crippen LogP) is 4.83. The van der Waals surface area contributed by atoms with Gasteiger partial charge in [-0.3, -0.25) is 0 Å². The van der Waals surface area contributed by atoms with Crippen LogP contribution < -0.4 is 10.2 Å². The lowest BCUT2D eigenvalue weighted by Gasteiger charge is -2.25. The summed E-state index contributed by atoms with van der Waals surface area (Å²) in [5, 5.41) is 14.4. The number of rotatable bonds is 7. The molecule has 1 fully saturated rings. The molecule has 162 valence electrons. The van der Waals surface area contributed by atoms with Crippen LogP contribution >= 0.6 is 0 Å². The van der Waals surface area contributed by atoms with Crippen LogP contribution in [0.15, 0.2) is 84.9 Å². The molecule has 0 spiro atoms. The summed E-state index contributed by atoms with van der Waals surface area (Å²) in [4.78, 5) is 11.9. The fraction of sp³-hybridized carbons (Fsp3) is 0.259. The third kappa shape index (κ3) is 4.16. The smallest absolute Gasteiger partial charge is 0.228 e. The van der Waals surface area contributed by atoms with Gasteiger partial charge in [-0.2, -0.15) is 4.98 Å². The maximum atomic E-state index is 9.80. The zero-order valence-corrected chi connectivity index (χ0v) is 18.1. The van der Waals surface area contributed by atoms with E-state index in [-0.39, 0.29) is 18.6 Å². The van der Waals surface area contributed by atoms with E-state index < -0.39 is 0 Å². The molecule has 5 heteroatoms. The highest BCUT2D eigenvalue weighted by Gasteiger charge is 2.27. The van der Waals surface area contributed by atoms with Crippen LogP contribution in [0.25, 0.3) is 10.9 Å². The van der Waals surface area contributed by atoms with Gasteiger partial charge < -0.3 is 15.3 Å². The van der Waals surface area contributed by atoms with Crippen LogP contribution in [0, 0.1) is 0 Å². The summed E-state index contributed by atoms with van der Waals surface area (Å²) in [6.07, 6.45) is 2.02. The molecule has 1 aromatic heterocycles. The summed E-state index contributed by atoms with van der Waals surface area (Å²) in [6.45, 7) is 1.72. The molecule has 0 amide bonds. The number of nitrogens with one attached hydrogen (secondary N) is 1. The molecule has 0 radical (unpaired) electrons. The number of fused-ring (bicyclic) bond motifs is 1. The number of anilines is 2. The molecule has 4 aromatic rings. The van der Waals surface area contributed by atoms with Gasteiger partial charge in [0, 0.05) is 24.4 Å². The number of hydrogen-bond donors (Lipinski definition) is 2. The van der Waals surface area contributed by atoms with Gasteiger partial charge in [0.2, 0.25) is 5.95 Å². The minimum Gasteiger partial charge on any atom is -0.394 e. The van der Waals surface area contributed by atoms with E-state index in [1.165, 1.54) is 11.1 Å². The highest BCUT2D eigenvalue weighted by Crippen LogP contribution is 2.30. The van der Waals surface area contributed by atoms with Crippen molar-refractivity contribution >= 4 is 22.7 Å². The van der Waals surface area contributed by atoms with Crippen LogP contribution in [0.5, 0.6) is 0 Å². The zero-order valence-electron chi connectivity index (χ0n) is 18.1. The molecule has 5 nitrogen and oxygen atoms in total. The van der Waals surface area contributed by atoms with Gasteiger partial charge in [-0.1, -0.05) is 72.8 Å². The number of aliphatic hydroxyl groups excluding tert-OH is 1. The Kier molecular flexibility index (Phi) is 5.99. The summed E-state index contributed by atoms with van der Waals surface area (Å²) in [5.74, 6) is 1.73. The molecule has 3 aromatic carbocycles. The minimum atomic E-state index is 0.0883. The number of aliphatic hydroxyl groups is 1. The van der Waals surface area contributed by atoms with Crippen molar-refractivity contribution in [1.82, 2.24) is 9.97 Å². The molecule has 2 N–H and O–H groups in total. The molecule has 1 aliphatic heterocycles. The molecule has 0 aliphatic carbocycles. The Hall–Kier alpha value is -3.44. The van der Waals surface area contributed by atoms with Crippen LogP contribution in [-0.2, 0) is 0 Å². The Morgan fingerprint density at radius 1 is 0.875 bits per heavy atom. The molecule has 0 bridgehead atoms. The van der Waals surface area contributed by atoms with E-state index in [1.807, 2.05) is 18.2 Å². The van der Waals surface area contributed by atoms with Gasteiger partial charge in [-0.15, -0.1) is 0 Å². The second-order valence-electron chi connectivity index (χ2n) is 8.32. The lowest BCUT2D eigenvalue weighted by Crippen LogP contribution is -2.33. The summed E-state index contributed by atoms with van der Waals surface area (Å²) in [6, 6.07) is 29.4. The van der Waals surface area contributed by atoms with E-state index in [9.17, 15) is 5.11 Å². The highest BCUT2D eigenvalue weighted by atomic mass is 16.3. The normalized spacial score (nSPS) is 16.1. The summed E-state index contributed by atoms with van der Waals surface area (Å²) in [5.41, 5.74) is 3.45. The Morgan fingerprint density at radius 2 is 1.53 bits per heavy atom. The van der Waals surface area contributed by atoms with E-state index in [0.717, 1.165) is 42.7 Å². The molecule has 32 heavy (non-hydrogen) atoms. The van der Waals surface area contributed by atoms with Crippen molar-refractivity contribution in [3.63, 3.8) is 0 Å². The number of hydrogen-bond acceptors (Lipinski definition) is 5. The lowest BCUT2D eigenvalue weighted by molar-refractivity contribution is 0.265. The van der Waals surface area contributed by atoms with Crippen molar-refractivity contribution in [2.75, 3.05) is 29.9 Å². The first-order valence-electron chi connectivity index (χ1n) is 11.3. The molecular formula is C27H28N4O. The van der Waals surface area contributed by atoms with Gasteiger partial charge in [-0.25, -0.2) is 4.98 Å². The van der Waals surface area contributed by atoms with E-state index >= 15 is 0 Å². The molecule has 1 aliphatic rings. The molecule has 5 rings (SSSR count). The largest absolute Gasteiger partial charge is 0.394 e. The molecule has 1 atom stereocenters. The minimum absolute atomic E-state index is 0.0883. The summed E-state index contributed by atoms with van der Waals surface area (Å²) in [7, 11) is 0. The maximum absolute atomic E-state index is 9.80. The predicted molar refractivity (Wildman–Crippen MR) is 130 cm³/mol. The van der Waals surface area contributed by atoms with Gasteiger partial charge in [-0.05, 0) is 36.1 Å². The first kappa shape index (κ1) is 20.5. The van der Waals surface area contributed by atoms with E-state index in [4.69, 9.17) is 9.97 Å². The fourth-order valence-corrected chi connectivity index (χ4v) is 4.61. The van der Waals surface area contributed by atoms with Crippen molar-refractivity contribution in [2.45, 2.75) is 24.8 Å². The molecule has 1 saturated heterocycles. The zero-order chi connectivity index (χ0) is 21.8. The van der Waals surface area contributed by atoms with Crippen molar-refractivity contribution in [2.24, 2.45) is 0 Å². The van der Waals surface area contributed by atoms with E-state index in [1.54, 1.807) is 0 Å². The quantitative estimate of drug-likeness (QED) is 0.445.